The van der Waals surface area contributed by atoms with Gasteiger partial charge in [-0.25, -0.2) is 14.8 Å². The van der Waals surface area contributed by atoms with Gasteiger partial charge in [-0.3, -0.25) is 0 Å². The summed E-state index contributed by atoms with van der Waals surface area (Å²) in [6, 6.07) is 8.68. The zero-order valence-electron chi connectivity index (χ0n) is 10.6. The van der Waals surface area contributed by atoms with Gasteiger partial charge in [0.05, 0.1) is 18.2 Å². The molecule has 0 bridgehead atoms. The van der Waals surface area contributed by atoms with Crippen LogP contribution >= 0.6 is 11.3 Å². The molecule has 6 heteroatoms. The molecule has 0 aliphatic heterocycles. The molecule has 0 N–H and O–H groups in total. The number of thiophene rings is 1. The Morgan fingerprint density at radius 3 is 3.00 bits per heavy atom. The van der Waals surface area contributed by atoms with Gasteiger partial charge >= 0.3 is 5.97 Å². The van der Waals surface area contributed by atoms with Crippen molar-refractivity contribution < 1.29 is 14.3 Å². The summed E-state index contributed by atoms with van der Waals surface area (Å²) in [5, 5.41) is 1.93. The third kappa shape index (κ3) is 2.33. The van der Waals surface area contributed by atoms with Crippen LogP contribution in [0.15, 0.2) is 42.0 Å². The minimum Gasteiger partial charge on any atom is -0.465 e. The van der Waals surface area contributed by atoms with Gasteiger partial charge < -0.3 is 9.47 Å². The molecule has 0 fully saturated rings. The molecule has 0 radical (unpaired) electrons. The van der Waals surface area contributed by atoms with Gasteiger partial charge in [0.15, 0.2) is 0 Å². The number of esters is 1. The number of benzene rings is 1. The summed E-state index contributed by atoms with van der Waals surface area (Å²) in [7, 11) is 1.34. The molecule has 2 aromatic heterocycles. The first-order valence-corrected chi connectivity index (χ1v) is 6.70. The summed E-state index contributed by atoms with van der Waals surface area (Å²) in [6.45, 7) is 0. The lowest BCUT2D eigenvalue weighted by Crippen LogP contribution is -2.01. The molecular weight excluding hydrogens is 276 g/mol. The Hall–Kier alpha value is -2.47. The number of methoxy groups -OCH3 is 1. The minimum atomic E-state index is -0.403. The van der Waals surface area contributed by atoms with E-state index in [-0.39, 0.29) is 0 Å². The molecule has 0 unspecified atom stereocenters. The first-order valence-electron chi connectivity index (χ1n) is 5.82. The highest BCUT2D eigenvalue weighted by Gasteiger charge is 2.10. The highest BCUT2D eigenvalue weighted by Crippen LogP contribution is 2.30. The van der Waals surface area contributed by atoms with Crippen LogP contribution in [0.1, 0.15) is 10.4 Å². The Balaban J connectivity index is 1.95. The lowest BCUT2D eigenvalue weighted by molar-refractivity contribution is 0.0600. The quantitative estimate of drug-likeness (QED) is 0.691. The van der Waals surface area contributed by atoms with Crippen molar-refractivity contribution in [3.63, 3.8) is 0 Å². The SMILES string of the molecule is COC(=O)c1cccc(Oc2ncnc3ccsc23)c1. The number of carbonyl (C=O) groups excluding carboxylic acids is 1. The van der Waals surface area contributed by atoms with E-state index in [0.717, 1.165) is 10.2 Å². The van der Waals surface area contributed by atoms with Crippen LogP contribution in [0, 0.1) is 0 Å². The van der Waals surface area contributed by atoms with Crippen molar-refractivity contribution in [2.75, 3.05) is 7.11 Å². The predicted octanol–water partition coefficient (Wildman–Crippen LogP) is 3.27. The molecule has 3 rings (SSSR count). The first-order chi connectivity index (χ1) is 9.78. The van der Waals surface area contributed by atoms with Crippen molar-refractivity contribution in [3.05, 3.63) is 47.6 Å². The number of aromatic nitrogens is 2. The largest absolute Gasteiger partial charge is 0.465 e. The molecule has 3 aromatic rings. The normalized spacial score (nSPS) is 10.4. The van der Waals surface area contributed by atoms with E-state index in [0.29, 0.717) is 17.2 Å². The number of carbonyl (C=O) groups is 1. The van der Waals surface area contributed by atoms with Gasteiger partial charge in [0, 0.05) is 0 Å². The van der Waals surface area contributed by atoms with Gasteiger partial charge in [0.2, 0.25) is 5.88 Å². The molecule has 0 aliphatic carbocycles. The molecule has 0 aliphatic rings. The van der Waals surface area contributed by atoms with E-state index in [1.807, 2.05) is 11.4 Å². The highest BCUT2D eigenvalue weighted by molar-refractivity contribution is 7.17. The summed E-state index contributed by atoms with van der Waals surface area (Å²) in [6.07, 6.45) is 1.45. The monoisotopic (exact) mass is 286 g/mol. The number of ether oxygens (including phenoxy) is 2. The highest BCUT2D eigenvalue weighted by atomic mass is 32.1. The van der Waals surface area contributed by atoms with Gasteiger partial charge in [0.25, 0.3) is 0 Å². The van der Waals surface area contributed by atoms with Crippen molar-refractivity contribution >= 4 is 27.5 Å². The zero-order chi connectivity index (χ0) is 13.9. The van der Waals surface area contributed by atoms with Crippen molar-refractivity contribution in [3.8, 4) is 11.6 Å². The third-order valence-corrected chi connectivity index (χ3v) is 3.57. The van der Waals surface area contributed by atoms with Crippen molar-refractivity contribution in [1.82, 2.24) is 9.97 Å². The molecule has 2 heterocycles. The molecule has 20 heavy (non-hydrogen) atoms. The van der Waals surface area contributed by atoms with Crippen LogP contribution in [-0.4, -0.2) is 23.0 Å². The van der Waals surface area contributed by atoms with Crippen molar-refractivity contribution in [1.29, 1.82) is 0 Å². The van der Waals surface area contributed by atoms with Crippen LogP contribution in [-0.2, 0) is 4.74 Å². The number of fused-ring (bicyclic) bond motifs is 1. The first kappa shape index (κ1) is 12.6. The third-order valence-electron chi connectivity index (χ3n) is 2.68. The van der Waals surface area contributed by atoms with Crippen LogP contribution in [0.4, 0.5) is 0 Å². The Morgan fingerprint density at radius 1 is 1.25 bits per heavy atom. The van der Waals surface area contributed by atoms with Gasteiger partial charge in [0.1, 0.15) is 16.8 Å². The van der Waals surface area contributed by atoms with E-state index in [1.165, 1.54) is 24.8 Å². The number of hydrogen-bond acceptors (Lipinski definition) is 6. The predicted molar refractivity (Wildman–Crippen MR) is 75.3 cm³/mol. The maximum absolute atomic E-state index is 11.5. The lowest BCUT2D eigenvalue weighted by Gasteiger charge is -2.06. The van der Waals surface area contributed by atoms with Crippen LogP contribution in [0.25, 0.3) is 10.2 Å². The maximum Gasteiger partial charge on any atom is 0.337 e. The summed E-state index contributed by atoms with van der Waals surface area (Å²) in [4.78, 5) is 19.8. The van der Waals surface area contributed by atoms with Gasteiger partial charge in [-0.15, -0.1) is 11.3 Å². The van der Waals surface area contributed by atoms with E-state index in [9.17, 15) is 4.79 Å². The zero-order valence-corrected chi connectivity index (χ0v) is 11.4. The second-order valence-corrected chi connectivity index (χ2v) is 4.85. The Morgan fingerprint density at radius 2 is 2.15 bits per heavy atom. The maximum atomic E-state index is 11.5. The molecule has 5 nitrogen and oxygen atoms in total. The summed E-state index contributed by atoms with van der Waals surface area (Å²) < 4.78 is 11.3. The van der Waals surface area contributed by atoms with Crippen molar-refractivity contribution in [2.45, 2.75) is 0 Å². The number of hydrogen-bond donors (Lipinski definition) is 0. The fraction of sp³-hybridized carbons (Fsp3) is 0.0714. The second-order valence-electron chi connectivity index (χ2n) is 3.94. The van der Waals surface area contributed by atoms with Gasteiger partial charge in [-0.1, -0.05) is 6.07 Å². The Bertz CT molecular complexity index is 770. The Labute approximate surface area is 118 Å². The molecular formula is C14H10N2O3S. The molecule has 1 aromatic carbocycles. The van der Waals surface area contributed by atoms with E-state index in [4.69, 9.17) is 4.74 Å². The second kappa shape index (κ2) is 5.26. The minimum absolute atomic E-state index is 0.403. The van der Waals surface area contributed by atoms with E-state index >= 15 is 0 Å². The van der Waals surface area contributed by atoms with E-state index in [2.05, 4.69) is 14.7 Å². The van der Waals surface area contributed by atoms with Crippen molar-refractivity contribution in [2.24, 2.45) is 0 Å². The van der Waals surface area contributed by atoms with Crippen LogP contribution < -0.4 is 4.74 Å². The van der Waals surface area contributed by atoms with Crippen LogP contribution in [0.2, 0.25) is 0 Å². The number of nitrogens with zero attached hydrogens (tertiary/aromatic N) is 2. The molecule has 0 amide bonds. The standard InChI is InChI=1S/C14H10N2O3S/c1-18-14(17)9-3-2-4-10(7-9)19-13-12-11(5-6-20-12)15-8-16-13/h2-8H,1H3. The average Bonchev–Trinajstić information content (AvgIpc) is 2.96. The smallest absolute Gasteiger partial charge is 0.337 e. The molecule has 0 saturated carbocycles. The molecule has 0 spiro atoms. The lowest BCUT2D eigenvalue weighted by atomic mass is 10.2. The van der Waals surface area contributed by atoms with Crippen LogP contribution in [0.5, 0.6) is 11.6 Å². The van der Waals surface area contributed by atoms with Gasteiger partial charge in [-0.05, 0) is 29.6 Å². The van der Waals surface area contributed by atoms with E-state index in [1.54, 1.807) is 24.3 Å². The topological polar surface area (TPSA) is 61.3 Å². The van der Waals surface area contributed by atoms with Gasteiger partial charge in [-0.2, -0.15) is 0 Å². The molecule has 100 valence electrons. The molecule has 0 saturated heterocycles. The number of rotatable bonds is 3. The fourth-order valence-corrected chi connectivity index (χ4v) is 2.52. The summed E-state index contributed by atoms with van der Waals surface area (Å²) >= 11 is 1.51. The fourth-order valence-electron chi connectivity index (χ4n) is 1.76. The molecule has 0 atom stereocenters. The summed E-state index contributed by atoms with van der Waals surface area (Å²) in [5.41, 5.74) is 1.27. The summed E-state index contributed by atoms with van der Waals surface area (Å²) in [5.74, 6) is 0.604. The Kier molecular flexibility index (Phi) is 3.30. The van der Waals surface area contributed by atoms with Crippen LogP contribution in [0.3, 0.4) is 0 Å². The van der Waals surface area contributed by atoms with E-state index < -0.39 is 5.97 Å². The average molecular weight is 286 g/mol.